The standard InChI is InChI=1S/C22H28N2O2/c1-4-12-23-13-11-20-8-10-22(25)24(20)16(2)17-5-6-19-15-21(26-3)9-7-18(19)14-17/h4-7,9,14-16,20,23H,1,8,10-13H2,2-3H3. The van der Waals surface area contributed by atoms with Crippen LogP contribution >= 0.6 is 0 Å². The summed E-state index contributed by atoms with van der Waals surface area (Å²) in [5, 5.41) is 5.67. The average Bonchev–Trinajstić information content (AvgIpc) is 3.04. The van der Waals surface area contributed by atoms with Crippen molar-refractivity contribution in [3.63, 3.8) is 0 Å². The number of rotatable bonds is 8. The maximum Gasteiger partial charge on any atom is 0.223 e. The van der Waals surface area contributed by atoms with Crippen LogP contribution in [0.5, 0.6) is 5.75 Å². The quantitative estimate of drug-likeness (QED) is 0.575. The highest BCUT2D eigenvalue weighted by Gasteiger charge is 2.34. The Kier molecular flexibility index (Phi) is 5.94. The molecule has 2 aromatic rings. The molecule has 0 bridgehead atoms. The first kappa shape index (κ1) is 18.5. The first-order valence-corrected chi connectivity index (χ1v) is 9.34. The van der Waals surface area contributed by atoms with Crippen LogP contribution in [0.25, 0.3) is 10.8 Å². The molecule has 0 radical (unpaired) electrons. The van der Waals surface area contributed by atoms with E-state index >= 15 is 0 Å². The zero-order valence-corrected chi connectivity index (χ0v) is 15.7. The molecule has 1 aliphatic rings. The van der Waals surface area contributed by atoms with Gasteiger partial charge in [0, 0.05) is 19.0 Å². The zero-order chi connectivity index (χ0) is 18.5. The molecule has 4 heteroatoms. The summed E-state index contributed by atoms with van der Waals surface area (Å²) in [5.74, 6) is 1.13. The summed E-state index contributed by atoms with van der Waals surface area (Å²) < 4.78 is 5.30. The molecule has 0 aromatic heterocycles. The molecule has 0 spiro atoms. The van der Waals surface area contributed by atoms with Crippen molar-refractivity contribution in [1.82, 2.24) is 10.2 Å². The third kappa shape index (κ3) is 3.91. The Morgan fingerprint density at radius 3 is 2.85 bits per heavy atom. The number of carbonyl (C=O) groups excluding carboxylic acids is 1. The Morgan fingerprint density at radius 1 is 1.31 bits per heavy atom. The van der Waals surface area contributed by atoms with Gasteiger partial charge in [-0.1, -0.05) is 24.3 Å². The molecule has 26 heavy (non-hydrogen) atoms. The number of nitrogens with one attached hydrogen (secondary N) is 1. The molecule has 1 N–H and O–H groups in total. The average molecular weight is 352 g/mol. The number of likely N-dealkylation sites (tertiary alicyclic amines) is 1. The van der Waals surface area contributed by atoms with Gasteiger partial charge in [0.05, 0.1) is 13.2 Å². The summed E-state index contributed by atoms with van der Waals surface area (Å²) in [6, 6.07) is 12.9. The van der Waals surface area contributed by atoms with E-state index < -0.39 is 0 Å². The highest BCUT2D eigenvalue weighted by atomic mass is 16.5. The molecule has 1 amide bonds. The summed E-state index contributed by atoms with van der Waals surface area (Å²) in [5.41, 5.74) is 1.18. The minimum atomic E-state index is 0.0842. The fraction of sp³-hybridized carbons (Fsp3) is 0.409. The van der Waals surface area contributed by atoms with Gasteiger partial charge in [-0.05, 0) is 60.8 Å². The van der Waals surface area contributed by atoms with E-state index in [1.807, 2.05) is 18.2 Å². The summed E-state index contributed by atoms with van der Waals surface area (Å²) >= 11 is 0. The van der Waals surface area contributed by atoms with Gasteiger partial charge in [-0.25, -0.2) is 0 Å². The molecule has 1 heterocycles. The monoisotopic (exact) mass is 352 g/mol. The smallest absolute Gasteiger partial charge is 0.223 e. The van der Waals surface area contributed by atoms with Crippen LogP contribution in [0.4, 0.5) is 0 Å². The molecule has 1 aliphatic heterocycles. The second-order valence-electron chi connectivity index (χ2n) is 6.92. The second-order valence-corrected chi connectivity index (χ2v) is 6.92. The Balaban J connectivity index is 1.77. The molecule has 4 nitrogen and oxygen atoms in total. The third-order valence-electron chi connectivity index (χ3n) is 5.29. The zero-order valence-electron chi connectivity index (χ0n) is 15.7. The minimum absolute atomic E-state index is 0.0842. The van der Waals surface area contributed by atoms with Gasteiger partial charge in [0.15, 0.2) is 0 Å². The molecule has 3 rings (SSSR count). The van der Waals surface area contributed by atoms with Crippen LogP contribution in [-0.2, 0) is 4.79 Å². The highest BCUT2D eigenvalue weighted by Crippen LogP contribution is 2.33. The van der Waals surface area contributed by atoms with Crippen molar-refractivity contribution in [2.45, 2.75) is 38.3 Å². The lowest BCUT2D eigenvalue weighted by molar-refractivity contribution is -0.131. The summed E-state index contributed by atoms with van der Waals surface area (Å²) in [6.07, 6.45) is 4.45. The van der Waals surface area contributed by atoms with E-state index in [9.17, 15) is 4.79 Å². The van der Waals surface area contributed by atoms with E-state index in [1.165, 1.54) is 10.9 Å². The summed E-state index contributed by atoms with van der Waals surface area (Å²) in [4.78, 5) is 14.6. The Morgan fingerprint density at radius 2 is 2.08 bits per heavy atom. The van der Waals surface area contributed by atoms with E-state index in [0.717, 1.165) is 37.1 Å². The lowest BCUT2D eigenvalue weighted by atomic mass is 10.0. The molecule has 0 saturated carbocycles. The molecule has 2 aromatic carbocycles. The number of fused-ring (bicyclic) bond motifs is 1. The molecular weight excluding hydrogens is 324 g/mol. The maximum atomic E-state index is 12.5. The van der Waals surface area contributed by atoms with Gasteiger partial charge in [0.1, 0.15) is 5.75 Å². The number of nitrogens with zero attached hydrogens (tertiary/aromatic N) is 1. The molecule has 2 atom stereocenters. The van der Waals surface area contributed by atoms with E-state index in [-0.39, 0.29) is 11.9 Å². The number of amides is 1. The van der Waals surface area contributed by atoms with E-state index in [2.05, 4.69) is 48.0 Å². The number of ether oxygens (including phenoxy) is 1. The van der Waals surface area contributed by atoms with Crippen LogP contribution in [0, 0.1) is 0 Å². The maximum absolute atomic E-state index is 12.5. The first-order valence-electron chi connectivity index (χ1n) is 9.34. The van der Waals surface area contributed by atoms with E-state index in [0.29, 0.717) is 12.5 Å². The van der Waals surface area contributed by atoms with Gasteiger partial charge in [-0.15, -0.1) is 6.58 Å². The fourth-order valence-corrected chi connectivity index (χ4v) is 3.84. The van der Waals surface area contributed by atoms with Crippen molar-refractivity contribution in [1.29, 1.82) is 0 Å². The number of benzene rings is 2. The lowest BCUT2D eigenvalue weighted by Crippen LogP contribution is -2.37. The predicted molar refractivity (Wildman–Crippen MR) is 106 cm³/mol. The van der Waals surface area contributed by atoms with Crippen molar-refractivity contribution in [2.75, 3.05) is 20.2 Å². The van der Waals surface area contributed by atoms with Crippen LogP contribution < -0.4 is 10.1 Å². The highest BCUT2D eigenvalue weighted by molar-refractivity contribution is 5.85. The van der Waals surface area contributed by atoms with Crippen molar-refractivity contribution in [3.8, 4) is 5.75 Å². The van der Waals surface area contributed by atoms with Crippen molar-refractivity contribution >= 4 is 16.7 Å². The first-order chi connectivity index (χ1) is 12.6. The van der Waals surface area contributed by atoms with Gasteiger partial charge in [-0.2, -0.15) is 0 Å². The number of hydrogen-bond acceptors (Lipinski definition) is 3. The van der Waals surface area contributed by atoms with Gasteiger partial charge >= 0.3 is 0 Å². The molecule has 2 unspecified atom stereocenters. The van der Waals surface area contributed by atoms with Crippen LogP contribution in [0.1, 0.15) is 37.8 Å². The van der Waals surface area contributed by atoms with Gasteiger partial charge < -0.3 is 15.0 Å². The van der Waals surface area contributed by atoms with E-state index in [4.69, 9.17) is 4.74 Å². The predicted octanol–water partition coefficient (Wildman–Crippen LogP) is 4.07. The SMILES string of the molecule is C=CCNCCC1CCC(=O)N1C(C)c1ccc2cc(OC)ccc2c1. The Bertz CT molecular complexity index is 787. The van der Waals surface area contributed by atoms with Gasteiger partial charge in [-0.3, -0.25) is 4.79 Å². The van der Waals surface area contributed by atoms with E-state index in [1.54, 1.807) is 7.11 Å². The lowest BCUT2D eigenvalue weighted by Gasteiger charge is -2.31. The molecule has 1 fully saturated rings. The third-order valence-corrected chi connectivity index (χ3v) is 5.29. The topological polar surface area (TPSA) is 41.6 Å². The van der Waals surface area contributed by atoms with Crippen LogP contribution in [0.2, 0.25) is 0 Å². The van der Waals surface area contributed by atoms with Crippen molar-refractivity contribution in [3.05, 3.63) is 54.6 Å². The second kappa shape index (κ2) is 8.37. The number of methoxy groups -OCH3 is 1. The normalized spacial score (nSPS) is 18.3. The van der Waals surface area contributed by atoms with Gasteiger partial charge in [0.25, 0.3) is 0 Å². The summed E-state index contributed by atoms with van der Waals surface area (Å²) in [6.45, 7) is 7.58. The minimum Gasteiger partial charge on any atom is -0.497 e. The van der Waals surface area contributed by atoms with Crippen LogP contribution in [-0.4, -0.2) is 37.0 Å². The summed E-state index contributed by atoms with van der Waals surface area (Å²) in [7, 11) is 1.68. The Hall–Kier alpha value is -2.33. The largest absolute Gasteiger partial charge is 0.497 e. The number of hydrogen-bond donors (Lipinski definition) is 1. The molecule has 138 valence electrons. The fourth-order valence-electron chi connectivity index (χ4n) is 3.84. The molecular formula is C22H28N2O2. The molecule has 1 saturated heterocycles. The van der Waals surface area contributed by atoms with Gasteiger partial charge in [0.2, 0.25) is 5.91 Å². The van der Waals surface area contributed by atoms with Crippen LogP contribution in [0.3, 0.4) is 0 Å². The number of carbonyl (C=O) groups is 1. The Labute approximate surface area is 155 Å². The van der Waals surface area contributed by atoms with Crippen molar-refractivity contribution in [2.24, 2.45) is 0 Å². The molecule has 0 aliphatic carbocycles. The van der Waals surface area contributed by atoms with Crippen molar-refractivity contribution < 1.29 is 9.53 Å². The van der Waals surface area contributed by atoms with Crippen LogP contribution in [0.15, 0.2) is 49.1 Å².